The Morgan fingerprint density at radius 1 is 1.07 bits per heavy atom. The molecule has 2 aromatic carbocycles. The fraction of sp³-hybridized carbons (Fsp3) is 0.364. The number of nitro groups is 1. The first-order valence-electron chi connectivity index (χ1n) is 9.82. The van der Waals surface area contributed by atoms with Gasteiger partial charge in [-0.05, 0) is 43.1 Å². The number of fused-ring (bicyclic) bond motifs is 3. The molecule has 6 heteroatoms. The van der Waals surface area contributed by atoms with Crippen LogP contribution in [0.2, 0.25) is 0 Å². The molecule has 3 aromatic rings. The van der Waals surface area contributed by atoms with Crippen LogP contribution in [-0.4, -0.2) is 21.5 Å². The molecule has 0 radical (unpaired) electrons. The second-order valence-corrected chi connectivity index (χ2v) is 7.93. The van der Waals surface area contributed by atoms with Gasteiger partial charge in [0.15, 0.2) is 0 Å². The highest BCUT2D eigenvalue weighted by Crippen LogP contribution is 2.48. The number of benzene rings is 2. The smallest absolute Gasteiger partial charge is 0.317 e. The van der Waals surface area contributed by atoms with E-state index in [0.29, 0.717) is 35.1 Å². The molecular formula is C22H21N3O3. The van der Waals surface area contributed by atoms with Crippen LogP contribution in [0, 0.1) is 27.9 Å². The second-order valence-electron chi connectivity index (χ2n) is 7.93. The topological polar surface area (TPSA) is 78.2 Å². The molecule has 2 bridgehead atoms. The number of ether oxygens (including phenoxy) is 1. The lowest BCUT2D eigenvalue weighted by Gasteiger charge is -2.21. The molecule has 3 unspecified atom stereocenters. The van der Waals surface area contributed by atoms with Crippen LogP contribution in [0.5, 0.6) is 6.01 Å². The van der Waals surface area contributed by atoms with E-state index in [1.54, 1.807) is 6.07 Å². The molecule has 28 heavy (non-hydrogen) atoms. The van der Waals surface area contributed by atoms with Crippen molar-refractivity contribution >= 4 is 16.6 Å². The average Bonchev–Trinajstić information content (AvgIpc) is 3.35. The van der Waals surface area contributed by atoms with E-state index in [1.165, 1.54) is 37.8 Å². The Hall–Kier alpha value is -3.02. The Bertz CT molecular complexity index is 1040. The van der Waals surface area contributed by atoms with E-state index in [2.05, 4.69) is 9.97 Å². The summed E-state index contributed by atoms with van der Waals surface area (Å²) in [6, 6.07) is 14.7. The van der Waals surface area contributed by atoms with Crippen LogP contribution in [-0.2, 0) is 0 Å². The number of hydrogen-bond donors (Lipinski definition) is 0. The summed E-state index contributed by atoms with van der Waals surface area (Å²) in [6.07, 6.45) is 5.27. The minimum absolute atomic E-state index is 0.0314. The summed E-state index contributed by atoms with van der Waals surface area (Å²) in [5.41, 5.74) is 2.24. The molecule has 2 aliphatic carbocycles. The van der Waals surface area contributed by atoms with E-state index in [0.717, 1.165) is 17.4 Å². The molecule has 1 heterocycles. The van der Waals surface area contributed by atoms with Gasteiger partial charge in [-0.15, -0.1) is 0 Å². The predicted molar refractivity (Wildman–Crippen MR) is 106 cm³/mol. The molecule has 1 aromatic heterocycles. The number of nitro benzene ring substituents is 1. The molecule has 0 aliphatic heterocycles. The molecule has 3 atom stereocenters. The summed E-state index contributed by atoms with van der Waals surface area (Å²) in [7, 11) is 0. The standard InChI is InChI=1S/C22H21N3O3/c26-25(27)18-8-9-20-19(12-18)21(15-4-2-1-3-5-15)24-22(23-20)28-13-17-11-14-6-7-16(17)10-14/h1-5,8-9,12,14,16-17H,6-7,10-11,13H2. The third kappa shape index (κ3) is 3.09. The van der Waals surface area contributed by atoms with Gasteiger partial charge < -0.3 is 4.74 Å². The number of hydrogen-bond acceptors (Lipinski definition) is 5. The number of non-ortho nitro benzene ring substituents is 1. The molecule has 0 saturated heterocycles. The zero-order valence-electron chi connectivity index (χ0n) is 15.5. The fourth-order valence-corrected chi connectivity index (χ4v) is 4.85. The van der Waals surface area contributed by atoms with E-state index < -0.39 is 4.92 Å². The molecule has 142 valence electrons. The summed E-state index contributed by atoms with van der Waals surface area (Å²) < 4.78 is 6.03. The van der Waals surface area contributed by atoms with E-state index in [9.17, 15) is 10.1 Å². The van der Waals surface area contributed by atoms with Crippen molar-refractivity contribution in [2.75, 3.05) is 6.61 Å². The Balaban J connectivity index is 1.51. The van der Waals surface area contributed by atoms with Gasteiger partial charge in [0.2, 0.25) is 0 Å². The zero-order chi connectivity index (χ0) is 19.1. The Morgan fingerprint density at radius 3 is 2.64 bits per heavy atom. The fourth-order valence-electron chi connectivity index (χ4n) is 4.85. The minimum atomic E-state index is -0.395. The second kappa shape index (κ2) is 6.86. The van der Waals surface area contributed by atoms with Gasteiger partial charge in [0.25, 0.3) is 5.69 Å². The van der Waals surface area contributed by atoms with Crippen molar-refractivity contribution in [1.29, 1.82) is 0 Å². The molecule has 5 rings (SSSR count). The summed E-state index contributed by atoms with van der Waals surface area (Å²) in [6.45, 7) is 0.647. The molecule has 2 fully saturated rings. The maximum Gasteiger partial charge on any atom is 0.317 e. The van der Waals surface area contributed by atoms with Gasteiger partial charge in [0.1, 0.15) is 0 Å². The van der Waals surface area contributed by atoms with Crippen molar-refractivity contribution in [2.24, 2.45) is 17.8 Å². The highest BCUT2D eigenvalue weighted by molar-refractivity contribution is 5.93. The van der Waals surface area contributed by atoms with E-state index >= 15 is 0 Å². The molecule has 2 saturated carbocycles. The summed E-state index contributed by atoms with van der Waals surface area (Å²) in [5.74, 6) is 2.24. The Morgan fingerprint density at radius 2 is 1.93 bits per heavy atom. The number of rotatable bonds is 5. The molecule has 0 amide bonds. The van der Waals surface area contributed by atoms with Crippen molar-refractivity contribution in [3.8, 4) is 17.3 Å². The maximum absolute atomic E-state index is 11.2. The Labute approximate surface area is 162 Å². The van der Waals surface area contributed by atoms with E-state index in [4.69, 9.17) is 4.74 Å². The van der Waals surface area contributed by atoms with Gasteiger partial charge in [-0.2, -0.15) is 9.97 Å². The third-order valence-corrected chi connectivity index (χ3v) is 6.23. The molecular weight excluding hydrogens is 354 g/mol. The summed E-state index contributed by atoms with van der Waals surface area (Å²) >= 11 is 0. The van der Waals surface area contributed by atoms with Crippen LogP contribution in [0.3, 0.4) is 0 Å². The lowest BCUT2D eigenvalue weighted by molar-refractivity contribution is -0.384. The largest absolute Gasteiger partial charge is 0.463 e. The van der Waals surface area contributed by atoms with Crippen LogP contribution in [0.25, 0.3) is 22.2 Å². The van der Waals surface area contributed by atoms with Gasteiger partial charge in [0.05, 0.1) is 22.7 Å². The van der Waals surface area contributed by atoms with Gasteiger partial charge in [-0.1, -0.05) is 36.8 Å². The first-order chi connectivity index (χ1) is 13.7. The zero-order valence-corrected chi connectivity index (χ0v) is 15.5. The normalized spacial score (nSPS) is 23.2. The first-order valence-corrected chi connectivity index (χ1v) is 9.82. The first kappa shape index (κ1) is 17.1. The molecule has 2 aliphatic rings. The Kier molecular flexibility index (Phi) is 4.19. The predicted octanol–water partition coefficient (Wildman–Crippen LogP) is 5.02. The number of aromatic nitrogens is 2. The van der Waals surface area contributed by atoms with Gasteiger partial charge in [-0.3, -0.25) is 10.1 Å². The van der Waals surface area contributed by atoms with Crippen molar-refractivity contribution in [3.63, 3.8) is 0 Å². The van der Waals surface area contributed by atoms with Gasteiger partial charge in [-0.25, -0.2) is 0 Å². The molecule has 0 N–H and O–H groups in total. The third-order valence-electron chi connectivity index (χ3n) is 6.23. The van der Waals surface area contributed by atoms with Crippen LogP contribution < -0.4 is 4.74 Å². The van der Waals surface area contributed by atoms with Crippen LogP contribution in [0.1, 0.15) is 25.7 Å². The minimum Gasteiger partial charge on any atom is -0.463 e. The van der Waals surface area contributed by atoms with Crippen LogP contribution in [0.4, 0.5) is 5.69 Å². The van der Waals surface area contributed by atoms with Crippen molar-refractivity contribution in [2.45, 2.75) is 25.7 Å². The highest BCUT2D eigenvalue weighted by Gasteiger charge is 2.39. The lowest BCUT2D eigenvalue weighted by atomic mass is 9.90. The van der Waals surface area contributed by atoms with Crippen molar-refractivity contribution in [1.82, 2.24) is 9.97 Å². The lowest BCUT2D eigenvalue weighted by Crippen LogP contribution is -2.19. The molecule has 0 spiro atoms. The summed E-state index contributed by atoms with van der Waals surface area (Å²) in [5, 5.41) is 11.9. The van der Waals surface area contributed by atoms with E-state index in [-0.39, 0.29) is 5.69 Å². The monoisotopic (exact) mass is 375 g/mol. The SMILES string of the molecule is O=[N+]([O-])c1ccc2nc(OCC3CC4CCC3C4)nc(-c3ccccc3)c2c1. The highest BCUT2D eigenvalue weighted by atomic mass is 16.6. The maximum atomic E-state index is 11.2. The van der Waals surface area contributed by atoms with Crippen molar-refractivity contribution in [3.05, 3.63) is 58.6 Å². The van der Waals surface area contributed by atoms with Crippen LogP contribution in [0.15, 0.2) is 48.5 Å². The molecule has 6 nitrogen and oxygen atoms in total. The quantitative estimate of drug-likeness (QED) is 0.462. The van der Waals surface area contributed by atoms with Crippen molar-refractivity contribution < 1.29 is 9.66 Å². The van der Waals surface area contributed by atoms with E-state index in [1.807, 2.05) is 30.3 Å². The number of nitrogens with zero attached hydrogens (tertiary/aromatic N) is 3. The average molecular weight is 375 g/mol. The van der Waals surface area contributed by atoms with Gasteiger partial charge >= 0.3 is 6.01 Å². The van der Waals surface area contributed by atoms with Gasteiger partial charge in [0, 0.05) is 23.1 Å². The van der Waals surface area contributed by atoms with Crippen LogP contribution >= 0.6 is 0 Å². The summed E-state index contributed by atoms with van der Waals surface area (Å²) in [4.78, 5) is 20.0.